The lowest BCUT2D eigenvalue weighted by Gasteiger charge is -2.26. The van der Waals surface area contributed by atoms with Crippen LogP contribution in [0.4, 0.5) is 11.4 Å². The zero-order valence-corrected chi connectivity index (χ0v) is 12.8. The van der Waals surface area contributed by atoms with E-state index in [-0.39, 0.29) is 0 Å². The Morgan fingerprint density at radius 2 is 1.68 bits per heavy atom. The lowest BCUT2D eigenvalue weighted by atomic mass is 10.2. The lowest BCUT2D eigenvalue weighted by Crippen LogP contribution is -2.24. The Kier molecular flexibility index (Phi) is 6.50. The van der Waals surface area contributed by atoms with Gasteiger partial charge in [-0.25, -0.2) is 0 Å². The maximum Gasteiger partial charge on any atom is 0.146 e. The van der Waals surface area contributed by atoms with Gasteiger partial charge in [0, 0.05) is 31.4 Å². The fourth-order valence-electron chi connectivity index (χ4n) is 2.14. The van der Waals surface area contributed by atoms with Crippen molar-refractivity contribution in [1.29, 1.82) is 0 Å². The van der Waals surface area contributed by atoms with Crippen LogP contribution in [0.5, 0.6) is 5.75 Å². The standard InChI is InChI=1S/C15H26N2O2/c1-6-16(7-2)13-10-11-14(15(12-13)18-5)17(8-3)19-9-4/h10-12H,6-9H2,1-5H3. The summed E-state index contributed by atoms with van der Waals surface area (Å²) in [7, 11) is 1.70. The smallest absolute Gasteiger partial charge is 0.146 e. The quantitative estimate of drug-likeness (QED) is 0.674. The van der Waals surface area contributed by atoms with Crippen LogP contribution in [-0.2, 0) is 4.84 Å². The summed E-state index contributed by atoms with van der Waals surface area (Å²) in [5.41, 5.74) is 2.15. The summed E-state index contributed by atoms with van der Waals surface area (Å²) in [6, 6.07) is 6.25. The summed E-state index contributed by atoms with van der Waals surface area (Å²) in [6.45, 7) is 11.8. The molecule has 0 aromatic heterocycles. The normalized spacial score (nSPS) is 10.4. The van der Waals surface area contributed by atoms with Crippen LogP contribution in [0.3, 0.4) is 0 Å². The minimum atomic E-state index is 0.648. The molecule has 108 valence electrons. The molecule has 1 aromatic carbocycles. The molecule has 0 saturated carbocycles. The van der Waals surface area contributed by atoms with Gasteiger partial charge in [0.1, 0.15) is 11.4 Å². The van der Waals surface area contributed by atoms with Gasteiger partial charge in [0.2, 0.25) is 0 Å². The van der Waals surface area contributed by atoms with Gasteiger partial charge in [0.25, 0.3) is 0 Å². The van der Waals surface area contributed by atoms with E-state index in [1.165, 1.54) is 5.69 Å². The van der Waals surface area contributed by atoms with Crippen LogP contribution >= 0.6 is 0 Å². The highest BCUT2D eigenvalue weighted by Crippen LogP contribution is 2.32. The topological polar surface area (TPSA) is 24.9 Å². The van der Waals surface area contributed by atoms with Crippen molar-refractivity contribution in [3.63, 3.8) is 0 Å². The third-order valence-electron chi connectivity index (χ3n) is 3.13. The fourth-order valence-corrected chi connectivity index (χ4v) is 2.14. The monoisotopic (exact) mass is 266 g/mol. The maximum atomic E-state index is 5.61. The third kappa shape index (κ3) is 3.77. The zero-order chi connectivity index (χ0) is 14.3. The predicted molar refractivity (Wildman–Crippen MR) is 81.2 cm³/mol. The number of anilines is 2. The number of ether oxygens (including phenoxy) is 1. The molecule has 0 bridgehead atoms. The zero-order valence-electron chi connectivity index (χ0n) is 12.8. The SMILES string of the molecule is CCON(CC)c1ccc(N(CC)CC)cc1OC. The van der Waals surface area contributed by atoms with Crippen molar-refractivity contribution in [2.24, 2.45) is 0 Å². The molecule has 0 fully saturated rings. The molecule has 0 N–H and O–H groups in total. The van der Waals surface area contributed by atoms with Gasteiger partial charge >= 0.3 is 0 Å². The van der Waals surface area contributed by atoms with E-state index in [9.17, 15) is 0 Å². The van der Waals surface area contributed by atoms with Crippen LogP contribution in [0.15, 0.2) is 18.2 Å². The molecule has 0 aliphatic carbocycles. The van der Waals surface area contributed by atoms with Crippen LogP contribution in [0, 0.1) is 0 Å². The Morgan fingerprint density at radius 3 is 2.16 bits per heavy atom. The molecule has 0 radical (unpaired) electrons. The molecular weight excluding hydrogens is 240 g/mol. The highest BCUT2D eigenvalue weighted by molar-refractivity contribution is 5.65. The number of methoxy groups -OCH3 is 1. The van der Waals surface area contributed by atoms with Crippen LogP contribution in [0.2, 0.25) is 0 Å². The molecule has 0 spiro atoms. The number of benzene rings is 1. The molecule has 19 heavy (non-hydrogen) atoms. The van der Waals surface area contributed by atoms with Gasteiger partial charge in [-0.15, -0.1) is 0 Å². The fraction of sp³-hybridized carbons (Fsp3) is 0.600. The Labute approximate surface area is 116 Å². The number of hydroxylamine groups is 1. The van der Waals surface area contributed by atoms with E-state index in [0.717, 1.165) is 31.1 Å². The van der Waals surface area contributed by atoms with Gasteiger partial charge in [-0.2, -0.15) is 0 Å². The van der Waals surface area contributed by atoms with E-state index in [1.807, 2.05) is 12.0 Å². The summed E-state index contributed by atoms with van der Waals surface area (Å²) >= 11 is 0. The van der Waals surface area contributed by atoms with E-state index >= 15 is 0 Å². The highest BCUT2D eigenvalue weighted by atomic mass is 16.7. The van der Waals surface area contributed by atoms with Crippen LogP contribution in [-0.4, -0.2) is 33.4 Å². The molecular formula is C15H26N2O2. The van der Waals surface area contributed by atoms with E-state index in [1.54, 1.807) is 7.11 Å². The van der Waals surface area contributed by atoms with Gasteiger partial charge in [0.05, 0.1) is 13.7 Å². The first-order valence-electron chi connectivity index (χ1n) is 7.05. The Morgan fingerprint density at radius 1 is 1.00 bits per heavy atom. The predicted octanol–water partition coefficient (Wildman–Crippen LogP) is 3.32. The summed E-state index contributed by atoms with van der Waals surface area (Å²) < 4.78 is 5.51. The van der Waals surface area contributed by atoms with E-state index in [2.05, 4.69) is 43.9 Å². The van der Waals surface area contributed by atoms with Crippen LogP contribution in [0.1, 0.15) is 27.7 Å². The van der Waals surface area contributed by atoms with Gasteiger partial charge < -0.3 is 9.64 Å². The molecule has 0 heterocycles. The minimum absolute atomic E-state index is 0.648. The van der Waals surface area contributed by atoms with E-state index in [0.29, 0.717) is 6.61 Å². The summed E-state index contributed by atoms with van der Waals surface area (Å²) in [4.78, 5) is 7.91. The maximum absolute atomic E-state index is 5.61. The minimum Gasteiger partial charge on any atom is -0.494 e. The van der Waals surface area contributed by atoms with E-state index in [4.69, 9.17) is 9.57 Å². The first kappa shape index (κ1) is 15.6. The molecule has 0 aliphatic heterocycles. The van der Waals surface area contributed by atoms with Gasteiger partial charge in [-0.1, -0.05) is 0 Å². The summed E-state index contributed by atoms with van der Waals surface area (Å²) in [6.07, 6.45) is 0. The van der Waals surface area contributed by atoms with Crippen molar-refractivity contribution < 1.29 is 9.57 Å². The van der Waals surface area contributed by atoms with Crippen molar-refractivity contribution in [1.82, 2.24) is 0 Å². The highest BCUT2D eigenvalue weighted by Gasteiger charge is 2.13. The Balaban J connectivity index is 3.07. The molecule has 0 unspecified atom stereocenters. The van der Waals surface area contributed by atoms with Crippen molar-refractivity contribution in [3.05, 3.63) is 18.2 Å². The first-order chi connectivity index (χ1) is 9.21. The number of hydrogen-bond acceptors (Lipinski definition) is 4. The molecule has 4 nitrogen and oxygen atoms in total. The van der Waals surface area contributed by atoms with Crippen molar-refractivity contribution >= 4 is 11.4 Å². The Bertz CT molecular complexity index is 378. The average Bonchev–Trinajstić information content (AvgIpc) is 2.46. The van der Waals surface area contributed by atoms with Crippen LogP contribution in [0.25, 0.3) is 0 Å². The average molecular weight is 266 g/mol. The summed E-state index contributed by atoms with van der Waals surface area (Å²) in [5.74, 6) is 0.847. The second-order valence-electron chi connectivity index (χ2n) is 4.14. The van der Waals surface area contributed by atoms with Gasteiger partial charge in [0.15, 0.2) is 0 Å². The van der Waals surface area contributed by atoms with Gasteiger partial charge in [-0.3, -0.25) is 9.90 Å². The number of nitrogens with zero attached hydrogens (tertiary/aromatic N) is 2. The molecule has 1 rings (SSSR count). The third-order valence-corrected chi connectivity index (χ3v) is 3.13. The first-order valence-corrected chi connectivity index (χ1v) is 7.05. The largest absolute Gasteiger partial charge is 0.494 e. The second kappa shape index (κ2) is 7.89. The molecule has 1 aromatic rings. The molecule has 0 saturated heterocycles. The molecule has 0 atom stereocenters. The molecule has 0 amide bonds. The number of rotatable bonds is 8. The molecule has 4 heteroatoms. The number of hydrogen-bond donors (Lipinski definition) is 0. The molecule has 0 aliphatic rings. The summed E-state index contributed by atoms with van der Waals surface area (Å²) in [5, 5.41) is 1.87. The van der Waals surface area contributed by atoms with Crippen molar-refractivity contribution in [2.45, 2.75) is 27.7 Å². The Hall–Kier alpha value is -1.42. The van der Waals surface area contributed by atoms with E-state index < -0.39 is 0 Å². The van der Waals surface area contributed by atoms with Crippen molar-refractivity contribution in [3.8, 4) is 5.75 Å². The van der Waals surface area contributed by atoms with Crippen LogP contribution < -0.4 is 14.7 Å². The van der Waals surface area contributed by atoms with Gasteiger partial charge in [-0.05, 0) is 39.8 Å². The lowest BCUT2D eigenvalue weighted by molar-refractivity contribution is 0.121. The van der Waals surface area contributed by atoms with Crippen molar-refractivity contribution in [2.75, 3.05) is 43.3 Å². The second-order valence-corrected chi connectivity index (χ2v) is 4.14.